The molecule has 3 heterocycles. The zero-order chi connectivity index (χ0) is 21.9. The predicted octanol–water partition coefficient (Wildman–Crippen LogP) is 4.58. The summed E-state index contributed by atoms with van der Waals surface area (Å²) < 4.78 is 22.2. The molecule has 7 nitrogen and oxygen atoms in total. The summed E-state index contributed by atoms with van der Waals surface area (Å²) in [7, 11) is 0. The number of nitrogens with zero attached hydrogens (tertiary/aromatic N) is 1. The van der Waals surface area contributed by atoms with Crippen LogP contribution in [0, 0.1) is 6.92 Å². The first-order valence-corrected chi connectivity index (χ1v) is 11.5. The minimum atomic E-state index is -0.195. The van der Waals surface area contributed by atoms with Crippen LogP contribution in [0.2, 0.25) is 0 Å². The molecule has 1 N–H and O–H groups in total. The number of anilines is 1. The molecule has 2 aliphatic rings. The minimum absolute atomic E-state index is 0.165. The summed E-state index contributed by atoms with van der Waals surface area (Å²) in [5.74, 6) is 2.07. The normalized spacial score (nSPS) is 16.8. The molecule has 2 aliphatic heterocycles. The molecule has 0 saturated carbocycles. The van der Waals surface area contributed by atoms with Crippen LogP contribution in [-0.2, 0) is 11.2 Å². The molecule has 0 radical (unpaired) electrons. The highest BCUT2D eigenvalue weighted by Crippen LogP contribution is 2.34. The van der Waals surface area contributed by atoms with Gasteiger partial charge in [0.25, 0.3) is 5.91 Å². The Hall–Kier alpha value is -3.10. The quantitative estimate of drug-likeness (QED) is 0.565. The van der Waals surface area contributed by atoms with Gasteiger partial charge < -0.3 is 18.9 Å². The second-order valence-corrected chi connectivity index (χ2v) is 8.90. The average molecular weight is 453 g/mol. The Morgan fingerprint density at radius 3 is 2.84 bits per heavy atom. The summed E-state index contributed by atoms with van der Waals surface area (Å²) in [5, 5.41) is 3.49. The Kier molecular flexibility index (Phi) is 5.96. The molecular formula is C24H24N2O5S. The number of hydrogen-bond acceptors (Lipinski definition) is 7. The minimum Gasteiger partial charge on any atom is -0.491 e. The molecule has 1 aromatic heterocycles. The van der Waals surface area contributed by atoms with E-state index in [1.165, 1.54) is 11.3 Å². The van der Waals surface area contributed by atoms with Crippen molar-refractivity contribution >= 4 is 22.4 Å². The number of ether oxygens (including phenoxy) is 4. The molecule has 32 heavy (non-hydrogen) atoms. The SMILES string of the molecule is Cc1nc(NC(=O)c2ccc(OCC3CCCO3)cc2)sc1Cc1ccc2c(c1)OCO2. The summed E-state index contributed by atoms with van der Waals surface area (Å²) in [5.41, 5.74) is 2.57. The van der Waals surface area contributed by atoms with E-state index in [2.05, 4.69) is 10.3 Å². The van der Waals surface area contributed by atoms with Gasteiger partial charge in [-0.15, -0.1) is 11.3 Å². The number of benzene rings is 2. The van der Waals surface area contributed by atoms with Gasteiger partial charge in [0.1, 0.15) is 12.4 Å². The number of hydrogen-bond donors (Lipinski definition) is 1. The van der Waals surface area contributed by atoms with Crippen LogP contribution in [0.15, 0.2) is 42.5 Å². The summed E-state index contributed by atoms with van der Waals surface area (Å²) in [6, 6.07) is 13.1. The molecule has 8 heteroatoms. The lowest BCUT2D eigenvalue weighted by Gasteiger charge is -2.11. The number of nitrogens with one attached hydrogen (secondary N) is 1. The van der Waals surface area contributed by atoms with Gasteiger partial charge in [-0.2, -0.15) is 0 Å². The fourth-order valence-corrected chi connectivity index (χ4v) is 4.71. The number of aromatic nitrogens is 1. The molecule has 3 aromatic rings. The number of carbonyl (C=O) groups excluding carboxylic acids is 1. The Labute approximate surface area is 190 Å². The molecule has 5 rings (SSSR count). The van der Waals surface area contributed by atoms with E-state index in [0.29, 0.717) is 23.7 Å². The molecular weight excluding hydrogens is 428 g/mol. The van der Waals surface area contributed by atoms with Crippen molar-refractivity contribution in [2.45, 2.75) is 32.3 Å². The third-order valence-electron chi connectivity index (χ3n) is 5.49. The molecule has 1 fully saturated rings. The van der Waals surface area contributed by atoms with Crippen LogP contribution < -0.4 is 19.5 Å². The van der Waals surface area contributed by atoms with Crippen molar-refractivity contribution in [1.29, 1.82) is 0 Å². The third kappa shape index (κ3) is 4.71. The van der Waals surface area contributed by atoms with E-state index >= 15 is 0 Å². The van der Waals surface area contributed by atoms with Gasteiger partial charge in [0, 0.05) is 23.5 Å². The summed E-state index contributed by atoms with van der Waals surface area (Å²) in [4.78, 5) is 18.3. The van der Waals surface area contributed by atoms with Gasteiger partial charge in [-0.1, -0.05) is 6.07 Å². The van der Waals surface area contributed by atoms with Gasteiger partial charge in [-0.3, -0.25) is 10.1 Å². The molecule has 0 aliphatic carbocycles. The Morgan fingerprint density at radius 1 is 1.19 bits per heavy atom. The van der Waals surface area contributed by atoms with Crippen LogP contribution >= 0.6 is 11.3 Å². The lowest BCUT2D eigenvalue weighted by molar-refractivity contribution is 0.0679. The van der Waals surface area contributed by atoms with Gasteiger partial charge in [-0.25, -0.2) is 4.98 Å². The van der Waals surface area contributed by atoms with Gasteiger partial charge in [0.15, 0.2) is 16.6 Å². The number of fused-ring (bicyclic) bond motifs is 1. The molecule has 0 bridgehead atoms. The topological polar surface area (TPSA) is 78.9 Å². The van der Waals surface area contributed by atoms with E-state index in [-0.39, 0.29) is 18.8 Å². The molecule has 166 valence electrons. The van der Waals surface area contributed by atoms with Crippen molar-refractivity contribution < 1.29 is 23.7 Å². The van der Waals surface area contributed by atoms with E-state index in [0.717, 1.165) is 52.8 Å². The van der Waals surface area contributed by atoms with E-state index in [9.17, 15) is 4.79 Å². The van der Waals surface area contributed by atoms with Gasteiger partial charge in [0.2, 0.25) is 6.79 Å². The zero-order valence-corrected chi connectivity index (χ0v) is 18.6. The Morgan fingerprint density at radius 2 is 2.03 bits per heavy atom. The third-order valence-corrected chi connectivity index (χ3v) is 6.56. The lowest BCUT2D eigenvalue weighted by atomic mass is 10.1. The molecule has 2 aromatic carbocycles. The molecule has 1 amide bonds. The van der Waals surface area contributed by atoms with Crippen molar-refractivity contribution in [2.75, 3.05) is 25.3 Å². The maximum Gasteiger partial charge on any atom is 0.257 e. The van der Waals surface area contributed by atoms with E-state index in [4.69, 9.17) is 18.9 Å². The summed E-state index contributed by atoms with van der Waals surface area (Å²) in [6.45, 7) is 3.56. The first kappa shape index (κ1) is 20.8. The zero-order valence-electron chi connectivity index (χ0n) is 17.8. The maximum atomic E-state index is 12.7. The van der Waals surface area contributed by atoms with Crippen LogP contribution in [0.1, 0.15) is 39.3 Å². The van der Waals surface area contributed by atoms with Crippen LogP contribution in [0.25, 0.3) is 0 Å². The average Bonchev–Trinajstić information content (AvgIpc) is 3.54. The lowest BCUT2D eigenvalue weighted by Crippen LogP contribution is -2.16. The fourth-order valence-electron chi connectivity index (χ4n) is 3.72. The molecule has 0 spiro atoms. The maximum absolute atomic E-state index is 12.7. The highest BCUT2D eigenvalue weighted by atomic mass is 32.1. The largest absolute Gasteiger partial charge is 0.491 e. The van der Waals surface area contributed by atoms with Crippen molar-refractivity contribution in [2.24, 2.45) is 0 Å². The highest BCUT2D eigenvalue weighted by Gasteiger charge is 2.17. The van der Waals surface area contributed by atoms with Crippen LogP contribution in [-0.4, -0.2) is 37.0 Å². The first-order chi connectivity index (χ1) is 15.6. The second-order valence-electron chi connectivity index (χ2n) is 7.82. The van der Waals surface area contributed by atoms with Crippen molar-refractivity contribution in [3.05, 3.63) is 64.2 Å². The van der Waals surface area contributed by atoms with E-state index < -0.39 is 0 Å². The van der Waals surface area contributed by atoms with E-state index in [1.54, 1.807) is 12.1 Å². The molecule has 1 atom stereocenters. The predicted molar refractivity (Wildman–Crippen MR) is 121 cm³/mol. The highest BCUT2D eigenvalue weighted by molar-refractivity contribution is 7.15. The molecule has 1 saturated heterocycles. The Bertz CT molecular complexity index is 1110. The van der Waals surface area contributed by atoms with Crippen molar-refractivity contribution in [3.63, 3.8) is 0 Å². The van der Waals surface area contributed by atoms with Gasteiger partial charge >= 0.3 is 0 Å². The number of amides is 1. The van der Waals surface area contributed by atoms with Crippen LogP contribution in [0.4, 0.5) is 5.13 Å². The monoisotopic (exact) mass is 452 g/mol. The van der Waals surface area contributed by atoms with Crippen LogP contribution in [0.5, 0.6) is 17.2 Å². The number of rotatable bonds is 7. The number of aryl methyl sites for hydroxylation is 1. The van der Waals surface area contributed by atoms with Gasteiger partial charge in [0.05, 0.1) is 11.8 Å². The van der Waals surface area contributed by atoms with Crippen molar-refractivity contribution in [3.8, 4) is 17.2 Å². The van der Waals surface area contributed by atoms with Crippen molar-refractivity contribution in [1.82, 2.24) is 4.98 Å². The molecule has 1 unspecified atom stereocenters. The van der Waals surface area contributed by atoms with E-state index in [1.807, 2.05) is 37.3 Å². The van der Waals surface area contributed by atoms with Crippen LogP contribution in [0.3, 0.4) is 0 Å². The standard InChI is InChI=1S/C24H24N2O5S/c1-15-22(12-16-4-9-20-21(11-16)31-14-30-20)32-24(25-15)26-23(27)17-5-7-18(8-6-17)29-13-19-3-2-10-28-19/h4-9,11,19H,2-3,10,12-14H2,1H3,(H,25,26,27). The second kappa shape index (κ2) is 9.18. The van der Waals surface area contributed by atoms with Gasteiger partial charge in [-0.05, 0) is 61.7 Å². The first-order valence-electron chi connectivity index (χ1n) is 10.6. The smallest absolute Gasteiger partial charge is 0.257 e. The fraction of sp³-hybridized carbons (Fsp3) is 0.333. The number of carbonyl (C=O) groups is 1. The summed E-state index contributed by atoms with van der Waals surface area (Å²) >= 11 is 1.48. The number of thiazole rings is 1. The summed E-state index contributed by atoms with van der Waals surface area (Å²) in [6.07, 6.45) is 3.00. The Balaban J connectivity index is 1.19.